The quantitative estimate of drug-likeness (QED) is 0.556. The number of benzene rings is 2. The molecule has 0 aliphatic carbocycles. The number of rotatable bonds is 8. The van der Waals surface area contributed by atoms with E-state index in [1.165, 1.54) is 7.11 Å². The Morgan fingerprint density at radius 1 is 1.10 bits per heavy atom. The molecule has 164 valence electrons. The third-order valence-electron chi connectivity index (χ3n) is 4.90. The van der Waals surface area contributed by atoms with E-state index in [2.05, 4.69) is 15.5 Å². The summed E-state index contributed by atoms with van der Waals surface area (Å²) in [6.45, 7) is 4.89. The molecule has 0 saturated heterocycles. The van der Waals surface area contributed by atoms with Crippen molar-refractivity contribution in [2.45, 2.75) is 32.1 Å². The number of methoxy groups -OCH3 is 1. The molecule has 0 saturated carbocycles. The van der Waals surface area contributed by atoms with Crippen LogP contribution in [0.25, 0.3) is 0 Å². The summed E-state index contributed by atoms with van der Waals surface area (Å²) in [7, 11) is -2.53. The van der Waals surface area contributed by atoms with E-state index in [1.807, 2.05) is 19.1 Å². The van der Waals surface area contributed by atoms with Gasteiger partial charge in [0.25, 0.3) is 10.0 Å². The number of aromatic amines is 1. The van der Waals surface area contributed by atoms with Gasteiger partial charge in [0.05, 0.1) is 24.2 Å². The molecule has 0 aliphatic rings. The number of aryl methyl sites for hydroxylation is 3. The molecule has 3 rings (SSSR count). The van der Waals surface area contributed by atoms with Crippen LogP contribution in [0.3, 0.4) is 0 Å². The number of nitrogens with zero attached hydrogens (tertiary/aromatic N) is 2. The van der Waals surface area contributed by atoms with Crippen LogP contribution in [0.5, 0.6) is 5.75 Å². The standard InChI is InChI=1S/C22H26N4O4S/c1-5-17-6-8-18(9-7-17)23-21(27)14-26(19-10-12-20(30-4)13-11-19)31(28,29)22-15(2)24-25-16(22)3/h6-13H,5,14H2,1-4H3,(H,23,27)(H,24,25). The summed E-state index contributed by atoms with van der Waals surface area (Å²) in [4.78, 5) is 12.9. The number of nitrogens with one attached hydrogen (secondary N) is 2. The lowest BCUT2D eigenvalue weighted by Crippen LogP contribution is -2.38. The molecular weight excluding hydrogens is 416 g/mol. The zero-order valence-electron chi connectivity index (χ0n) is 18.0. The number of hydrogen-bond donors (Lipinski definition) is 2. The molecule has 1 amide bonds. The van der Waals surface area contributed by atoms with Gasteiger partial charge < -0.3 is 10.1 Å². The first-order valence-electron chi connectivity index (χ1n) is 9.83. The van der Waals surface area contributed by atoms with Gasteiger partial charge in [-0.15, -0.1) is 0 Å². The summed E-state index contributed by atoms with van der Waals surface area (Å²) >= 11 is 0. The first-order chi connectivity index (χ1) is 14.8. The van der Waals surface area contributed by atoms with E-state index in [0.717, 1.165) is 16.3 Å². The Labute approximate surface area is 182 Å². The van der Waals surface area contributed by atoms with Gasteiger partial charge in [-0.2, -0.15) is 5.10 Å². The Hall–Kier alpha value is -3.33. The lowest BCUT2D eigenvalue weighted by Gasteiger charge is -2.24. The van der Waals surface area contributed by atoms with Crippen LogP contribution in [0, 0.1) is 13.8 Å². The van der Waals surface area contributed by atoms with Crippen molar-refractivity contribution in [2.24, 2.45) is 0 Å². The lowest BCUT2D eigenvalue weighted by atomic mass is 10.1. The number of ether oxygens (including phenoxy) is 1. The summed E-state index contributed by atoms with van der Waals surface area (Å²) < 4.78 is 33.3. The molecule has 1 aromatic heterocycles. The number of amides is 1. The zero-order chi connectivity index (χ0) is 22.6. The van der Waals surface area contributed by atoms with Crippen LogP contribution in [0.15, 0.2) is 53.4 Å². The third kappa shape index (κ3) is 4.88. The van der Waals surface area contributed by atoms with Gasteiger partial charge in [-0.1, -0.05) is 19.1 Å². The predicted molar refractivity (Wildman–Crippen MR) is 120 cm³/mol. The van der Waals surface area contributed by atoms with Crippen molar-refractivity contribution in [3.63, 3.8) is 0 Å². The molecule has 0 atom stereocenters. The largest absolute Gasteiger partial charge is 0.497 e. The second-order valence-corrected chi connectivity index (χ2v) is 8.87. The fraction of sp³-hybridized carbons (Fsp3) is 0.273. The molecule has 3 aromatic rings. The summed E-state index contributed by atoms with van der Waals surface area (Å²) in [5.74, 6) is 0.125. The van der Waals surface area contributed by atoms with Crippen molar-refractivity contribution in [3.05, 3.63) is 65.5 Å². The zero-order valence-corrected chi connectivity index (χ0v) is 18.8. The fourth-order valence-electron chi connectivity index (χ4n) is 3.25. The first-order valence-corrected chi connectivity index (χ1v) is 11.3. The maximum absolute atomic E-state index is 13.5. The van der Waals surface area contributed by atoms with Crippen molar-refractivity contribution in [2.75, 3.05) is 23.3 Å². The van der Waals surface area contributed by atoms with Crippen LogP contribution < -0.4 is 14.4 Å². The fourth-order valence-corrected chi connectivity index (χ4v) is 5.01. The van der Waals surface area contributed by atoms with Crippen LogP contribution in [0.4, 0.5) is 11.4 Å². The Morgan fingerprint density at radius 2 is 1.74 bits per heavy atom. The molecule has 8 nitrogen and oxygen atoms in total. The SMILES string of the molecule is CCc1ccc(NC(=O)CN(c2ccc(OC)cc2)S(=O)(=O)c2c(C)n[nH]c2C)cc1. The first kappa shape index (κ1) is 22.4. The molecule has 1 heterocycles. The predicted octanol–water partition coefficient (Wildman–Crippen LogP) is 3.43. The molecular formula is C22H26N4O4S. The average molecular weight is 443 g/mol. The minimum absolute atomic E-state index is 0.0587. The van der Waals surface area contributed by atoms with Crippen molar-refractivity contribution in [3.8, 4) is 5.75 Å². The molecule has 0 fully saturated rings. The van der Waals surface area contributed by atoms with Gasteiger partial charge in [-0.25, -0.2) is 8.42 Å². The van der Waals surface area contributed by atoms with Crippen molar-refractivity contribution >= 4 is 27.3 Å². The Morgan fingerprint density at radius 3 is 2.26 bits per heavy atom. The number of carbonyl (C=O) groups is 1. The molecule has 0 radical (unpaired) electrons. The molecule has 0 unspecified atom stereocenters. The van der Waals surface area contributed by atoms with Gasteiger partial charge in [-0.3, -0.25) is 14.2 Å². The van der Waals surface area contributed by atoms with Gasteiger partial charge in [0.2, 0.25) is 5.91 Å². The van der Waals surface area contributed by atoms with Crippen LogP contribution in [0.1, 0.15) is 23.9 Å². The highest BCUT2D eigenvalue weighted by Crippen LogP contribution is 2.28. The summed E-state index contributed by atoms with van der Waals surface area (Å²) in [5, 5.41) is 9.46. The van der Waals surface area contributed by atoms with Gasteiger partial charge in [-0.05, 0) is 62.2 Å². The van der Waals surface area contributed by atoms with E-state index in [0.29, 0.717) is 28.5 Å². The maximum Gasteiger partial charge on any atom is 0.268 e. The molecule has 9 heteroatoms. The molecule has 0 aliphatic heterocycles. The minimum Gasteiger partial charge on any atom is -0.497 e. The van der Waals surface area contributed by atoms with Crippen LogP contribution in [0.2, 0.25) is 0 Å². The van der Waals surface area contributed by atoms with Crippen LogP contribution in [-0.2, 0) is 21.2 Å². The molecule has 2 N–H and O–H groups in total. The van der Waals surface area contributed by atoms with Crippen LogP contribution in [-0.4, -0.2) is 38.2 Å². The molecule has 31 heavy (non-hydrogen) atoms. The highest BCUT2D eigenvalue weighted by Gasteiger charge is 2.31. The van der Waals surface area contributed by atoms with Gasteiger partial charge >= 0.3 is 0 Å². The van der Waals surface area contributed by atoms with Crippen molar-refractivity contribution in [1.29, 1.82) is 0 Å². The van der Waals surface area contributed by atoms with E-state index < -0.39 is 22.5 Å². The third-order valence-corrected chi connectivity index (χ3v) is 6.94. The summed E-state index contributed by atoms with van der Waals surface area (Å²) in [5.41, 5.74) is 2.84. The minimum atomic E-state index is -4.05. The van der Waals surface area contributed by atoms with Gasteiger partial charge in [0.15, 0.2) is 0 Å². The topological polar surface area (TPSA) is 104 Å². The van der Waals surface area contributed by atoms with E-state index in [4.69, 9.17) is 4.74 Å². The Bertz CT molecular complexity index is 1130. The van der Waals surface area contributed by atoms with Crippen molar-refractivity contribution in [1.82, 2.24) is 10.2 Å². The molecule has 0 bridgehead atoms. The maximum atomic E-state index is 13.5. The van der Waals surface area contributed by atoms with E-state index in [9.17, 15) is 13.2 Å². The Balaban J connectivity index is 1.94. The van der Waals surface area contributed by atoms with Crippen molar-refractivity contribution < 1.29 is 17.9 Å². The second kappa shape index (κ2) is 9.22. The van der Waals surface area contributed by atoms with Crippen LogP contribution >= 0.6 is 0 Å². The van der Waals surface area contributed by atoms with E-state index in [1.54, 1.807) is 50.2 Å². The molecule has 0 spiro atoms. The highest BCUT2D eigenvalue weighted by molar-refractivity contribution is 7.93. The Kier molecular flexibility index (Phi) is 6.65. The van der Waals surface area contributed by atoms with Gasteiger partial charge in [0.1, 0.15) is 17.2 Å². The number of sulfonamides is 1. The number of H-pyrrole nitrogens is 1. The number of hydrogen-bond acceptors (Lipinski definition) is 5. The van der Waals surface area contributed by atoms with E-state index >= 15 is 0 Å². The second-order valence-electron chi connectivity index (χ2n) is 7.07. The lowest BCUT2D eigenvalue weighted by molar-refractivity contribution is -0.114. The monoisotopic (exact) mass is 442 g/mol. The smallest absolute Gasteiger partial charge is 0.268 e. The van der Waals surface area contributed by atoms with E-state index in [-0.39, 0.29) is 4.90 Å². The van der Waals surface area contributed by atoms with Gasteiger partial charge in [0, 0.05) is 5.69 Å². The highest BCUT2D eigenvalue weighted by atomic mass is 32.2. The number of anilines is 2. The average Bonchev–Trinajstić information content (AvgIpc) is 3.11. The number of aromatic nitrogens is 2. The normalized spacial score (nSPS) is 11.2. The summed E-state index contributed by atoms with van der Waals surface area (Å²) in [6, 6.07) is 13.9. The number of carbonyl (C=O) groups excluding carboxylic acids is 1. The summed E-state index contributed by atoms with van der Waals surface area (Å²) in [6.07, 6.45) is 0.890. The molecule has 2 aromatic carbocycles.